The summed E-state index contributed by atoms with van der Waals surface area (Å²) in [6.07, 6.45) is 2.18. The lowest BCUT2D eigenvalue weighted by Gasteiger charge is -2.48. The number of likely N-dealkylation sites (tertiary alicyclic amines) is 1. The molecule has 0 unspecified atom stereocenters. The van der Waals surface area contributed by atoms with Crippen molar-refractivity contribution in [1.29, 1.82) is 0 Å². The molecule has 0 radical (unpaired) electrons. The van der Waals surface area contributed by atoms with Gasteiger partial charge in [-0.25, -0.2) is 9.97 Å². The molecule has 4 aromatic rings. The van der Waals surface area contributed by atoms with Gasteiger partial charge in [0.25, 0.3) is 0 Å². The molecular formula is C32H28Cl2N4O4. The molecule has 2 saturated heterocycles. The smallest absolute Gasteiger partial charge is 0.224 e. The van der Waals surface area contributed by atoms with Crippen molar-refractivity contribution >= 4 is 35.4 Å². The molecule has 2 aromatic carbocycles. The maximum absolute atomic E-state index is 11.7. The number of rotatable bonds is 8. The van der Waals surface area contributed by atoms with Crippen LogP contribution in [-0.4, -0.2) is 59.9 Å². The number of pyridine rings is 2. The van der Waals surface area contributed by atoms with Crippen molar-refractivity contribution < 1.29 is 19.1 Å². The number of nitrogens with zero attached hydrogens (tertiary/aromatic N) is 3. The normalized spacial score (nSPS) is 15.8. The van der Waals surface area contributed by atoms with Gasteiger partial charge < -0.3 is 14.8 Å². The van der Waals surface area contributed by atoms with Gasteiger partial charge in [-0.3, -0.25) is 14.5 Å². The van der Waals surface area contributed by atoms with Crippen LogP contribution >= 0.6 is 23.2 Å². The third-order valence-electron chi connectivity index (χ3n) is 7.86. The number of aromatic nitrogens is 2. The molecule has 0 saturated carbocycles. The molecule has 2 fully saturated rings. The van der Waals surface area contributed by atoms with Crippen molar-refractivity contribution in [2.24, 2.45) is 0 Å². The molecule has 1 amide bonds. The third kappa shape index (κ3) is 5.11. The highest BCUT2D eigenvalue weighted by Gasteiger charge is 2.47. The molecule has 214 valence electrons. The zero-order valence-electron chi connectivity index (χ0n) is 23.1. The molecule has 0 atom stereocenters. The fourth-order valence-electron chi connectivity index (χ4n) is 5.82. The Hall–Kier alpha value is -3.98. The van der Waals surface area contributed by atoms with E-state index in [4.69, 9.17) is 37.7 Å². The minimum atomic E-state index is -0.0781. The number of halogens is 2. The van der Waals surface area contributed by atoms with E-state index in [9.17, 15) is 9.59 Å². The molecule has 2 aromatic heterocycles. The zero-order chi connectivity index (χ0) is 29.4. The molecule has 8 nitrogen and oxygen atoms in total. The van der Waals surface area contributed by atoms with E-state index in [1.165, 1.54) is 7.11 Å². The summed E-state index contributed by atoms with van der Waals surface area (Å²) in [7, 11) is 3.08. The van der Waals surface area contributed by atoms with Crippen LogP contribution in [-0.2, 0) is 11.3 Å². The van der Waals surface area contributed by atoms with Gasteiger partial charge in [0.05, 0.1) is 46.8 Å². The number of amides is 1. The van der Waals surface area contributed by atoms with Gasteiger partial charge in [-0.05, 0) is 24.6 Å². The first-order valence-corrected chi connectivity index (χ1v) is 14.3. The van der Waals surface area contributed by atoms with Crippen molar-refractivity contribution in [3.8, 4) is 45.4 Å². The van der Waals surface area contributed by atoms with E-state index in [0.29, 0.717) is 57.7 Å². The van der Waals surface area contributed by atoms with Crippen LogP contribution in [0.25, 0.3) is 33.6 Å². The van der Waals surface area contributed by atoms with Crippen molar-refractivity contribution in [3.05, 3.63) is 81.8 Å². The first kappa shape index (κ1) is 28.2. The SMILES string of the molecule is COc1nc(-c2cccc(-c3cccc(-c4ccc(CN5CC6(CCC(=O)N6)C5)c(OC)n4)c3Cl)c2Cl)ccc1C=O. The maximum atomic E-state index is 11.7. The highest BCUT2D eigenvalue weighted by atomic mass is 35.5. The van der Waals surface area contributed by atoms with Gasteiger partial charge in [0.2, 0.25) is 17.7 Å². The van der Waals surface area contributed by atoms with E-state index >= 15 is 0 Å². The van der Waals surface area contributed by atoms with Gasteiger partial charge in [0, 0.05) is 53.9 Å². The van der Waals surface area contributed by atoms with Crippen LogP contribution in [0.1, 0.15) is 28.8 Å². The summed E-state index contributed by atoms with van der Waals surface area (Å²) < 4.78 is 11.0. The van der Waals surface area contributed by atoms with Crippen molar-refractivity contribution in [1.82, 2.24) is 20.2 Å². The minimum absolute atomic E-state index is 0.0781. The summed E-state index contributed by atoms with van der Waals surface area (Å²) in [4.78, 5) is 34.6. The van der Waals surface area contributed by atoms with E-state index in [-0.39, 0.29) is 17.3 Å². The van der Waals surface area contributed by atoms with Gasteiger partial charge in [-0.15, -0.1) is 0 Å². The van der Waals surface area contributed by atoms with E-state index in [0.717, 1.165) is 41.8 Å². The summed E-state index contributed by atoms with van der Waals surface area (Å²) in [5.74, 6) is 0.895. The lowest BCUT2D eigenvalue weighted by Crippen LogP contribution is -2.66. The Labute approximate surface area is 253 Å². The average molecular weight is 604 g/mol. The molecule has 1 N–H and O–H groups in total. The first-order chi connectivity index (χ1) is 20.3. The Morgan fingerprint density at radius 2 is 1.43 bits per heavy atom. The molecule has 2 aliphatic rings. The number of carbonyl (C=O) groups excluding carboxylic acids is 2. The largest absolute Gasteiger partial charge is 0.481 e. The predicted molar refractivity (Wildman–Crippen MR) is 162 cm³/mol. The zero-order valence-corrected chi connectivity index (χ0v) is 24.6. The second-order valence-corrected chi connectivity index (χ2v) is 11.3. The van der Waals surface area contributed by atoms with Gasteiger partial charge in [-0.1, -0.05) is 65.7 Å². The lowest BCUT2D eigenvalue weighted by molar-refractivity contribution is -0.120. The number of hydrogen-bond donors (Lipinski definition) is 1. The van der Waals surface area contributed by atoms with Crippen LogP contribution < -0.4 is 14.8 Å². The van der Waals surface area contributed by atoms with E-state index in [1.807, 2.05) is 48.5 Å². The van der Waals surface area contributed by atoms with Crippen molar-refractivity contribution in [2.75, 3.05) is 27.3 Å². The standard InChI is InChI=1S/C32H28Cl2N4O4/c1-41-30-19(15-38-17-32(18-38)14-13-27(40)37-32)9-11-25(35-30)23-7-3-5-21(28(23)33)22-6-4-8-24(29(22)34)26-12-10-20(16-39)31(36-26)42-2/h3-12,16H,13-15,17-18H2,1-2H3,(H,37,40). The van der Waals surface area contributed by atoms with Crippen LogP contribution in [0.15, 0.2) is 60.7 Å². The highest BCUT2D eigenvalue weighted by molar-refractivity contribution is 6.39. The number of hydrogen-bond acceptors (Lipinski definition) is 7. The molecule has 6 rings (SSSR count). The van der Waals surface area contributed by atoms with Gasteiger partial charge in [0.15, 0.2) is 6.29 Å². The number of aldehydes is 1. The van der Waals surface area contributed by atoms with Crippen molar-refractivity contribution in [2.45, 2.75) is 24.9 Å². The minimum Gasteiger partial charge on any atom is -0.481 e. The van der Waals surface area contributed by atoms with Gasteiger partial charge in [0.1, 0.15) is 0 Å². The Kier molecular flexibility index (Phi) is 7.62. The Balaban J connectivity index is 1.29. The Morgan fingerprint density at radius 3 is 1.98 bits per heavy atom. The summed E-state index contributed by atoms with van der Waals surface area (Å²) in [6, 6.07) is 18.7. The number of ether oxygens (including phenoxy) is 2. The number of nitrogens with one attached hydrogen (secondary N) is 1. The van der Waals surface area contributed by atoms with E-state index in [1.54, 1.807) is 19.2 Å². The molecule has 1 spiro atoms. The summed E-state index contributed by atoms with van der Waals surface area (Å²) in [5, 5.41) is 4.09. The summed E-state index contributed by atoms with van der Waals surface area (Å²) in [5.41, 5.74) is 5.39. The monoisotopic (exact) mass is 602 g/mol. The summed E-state index contributed by atoms with van der Waals surface area (Å²) >= 11 is 13.9. The second-order valence-electron chi connectivity index (χ2n) is 10.6. The summed E-state index contributed by atoms with van der Waals surface area (Å²) in [6.45, 7) is 2.32. The fourth-order valence-corrected chi connectivity index (χ4v) is 6.47. The van der Waals surface area contributed by atoms with E-state index < -0.39 is 0 Å². The maximum Gasteiger partial charge on any atom is 0.224 e. The second kappa shape index (κ2) is 11.4. The number of carbonyl (C=O) groups is 2. The lowest BCUT2D eigenvalue weighted by atomic mass is 9.88. The van der Waals surface area contributed by atoms with Crippen LogP contribution in [0.4, 0.5) is 0 Å². The molecule has 42 heavy (non-hydrogen) atoms. The van der Waals surface area contributed by atoms with Crippen LogP contribution in [0.2, 0.25) is 10.0 Å². The molecule has 4 heterocycles. The average Bonchev–Trinajstić information content (AvgIpc) is 3.39. The number of methoxy groups -OCH3 is 2. The molecule has 0 aliphatic carbocycles. The Morgan fingerprint density at radius 1 is 0.857 bits per heavy atom. The van der Waals surface area contributed by atoms with E-state index in [2.05, 4.69) is 15.2 Å². The first-order valence-electron chi connectivity index (χ1n) is 13.5. The topological polar surface area (TPSA) is 93.7 Å². The van der Waals surface area contributed by atoms with Gasteiger partial charge in [-0.2, -0.15) is 0 Å². The predicted octanol–water partition coefficient (Wildman–Crippen LogP) is 6.08. The number of benzene rings is 2. The highest BCUT2D eigenvalue weighted by Crippen LogP contribution is 2.42. The van der Waals surface area contributed by atoms with Gasteiger partial charge >= 0.3 is 0 Å². The molecule has 2 aliphatic heterocycles. The fraction of sp³-hybridized carbons (Fsp3) is 0.250. The third-order valence-corrected chi connectivity index (χ3v) is 8.68. The van der Waals surface area contributed by atoms with Crippen LogP contribution in [0.5, 0.6) is 11.8 Å². The molecule has 0 bridgehead atoms. The van der Waals surface area contributed by atoms with Crippen molar-refractivity contribution in [3.63, 3.8) is 0 Å². The van der Waals surface area contributed by atoms with Crippen LogP contribution in [0.3, 0.4) is 0 Å². The quantitative estimate of drug-likeness (QED) is 0.244. The Bertz CT molecular complexity index is 1700. The van der Waals surface area contributed by atoms with Crippen LogP contribution in [0, 0.1) is 0 Å². The molecule has 10 heteroatoms. The molecular weight excluding hydrogens is 575 g/mol.